The number of nitrogens with zero attached hydrogens (tertiary/aromatic N) is 1. The van der Waals surface area contributed by atoms with Crippen molar-refractivity contribution < 1.29 is 9.53 Å². The van der Waals surface area contributed by atoms with Crippen molar-refractivity contribution >= 4 is 5.91 Å². The highest BCUT2D eigenvalue weighted by atomic mass is 16.5. The molecule has 0 aromatic carbocycles. The summed E-state index contributed by atoms with van der Waals surface area (Å²) in [5.74, 6) is 0.303. The highest BCUT2D eigenvalue weighted by Gasteiger charge is 2.25. The molecule has 1 rings (SSSR count). The van der Waals surface area contributed by atoms with Crippen molar-refractivity contribution in [3.63, 3.8) is 0 Å². The SMILES string of the molecule is CCC1CN(C(=O)C(C)CNC)CCO1. The zero-order valence-corrected chi connectivity index (χ0v) is 9.95. The van der Waals surface area contributed by atoms with Gasteiger partial charge in [-0.05, 0) is 13.5 Å². The molecule has 0 bridgehead atoms. The van der Waals surface area contributed by atoms with E-state index in [1.807, 2.05) is 18.9 Å². The fourth-order valence-electron chi connectivity index (χ4n) is 1.87. The first-order valence-corrected chi connectivity index (χ1v) is 5.74. The first kappa shape index (κ1) is 12.5. The molecule has 4 heteroatoms. The van der Waals surface area contributed by atoms with Gasteiger partial charge in [-0.3, -0.25) is 4.79 Å². The number of hydrogen-bond donors (Lipinski definition) is 1. The van der Waals surface area contributed by atoms with Crippen LogP contribution in [0.4, 0.5) is 0 Å². The molecule has 1 amide bonds. The van der Waals surface area contributed by atoms with Crippen LogP contribution in [0.15, 0.2) is 0 Å². The van der Waals surface area contributed by atoms with Crippen LogP contribution in [0.5, 0.6) is 0 Å². The third-order valence-electron chi connectivity index (χ3n) is 2.84. The molecule has 2 atom stereocenters. The number of carbonyl (C=O) groups excluding carboxylic acids is 1. The second-order valence-corrected chi connectivity index (χ2v) is 4.14. The second kappa shape index (κ2) is 6.08. The smallest absolute Gasteiger partial charge is 0.226 e. The van der Waals surface area contributed by atoms with Gasteiger partial charge in [0.1, 0.15) is 0 Å². The standard InChI is InChI=1S/C11H22N2O2/c1-4-10-8-13(5-6-15-10)11(14)9(2)7-12-3/h9-10,12H,4-8H2,1-3H3. The molecule has 1 saturated heterocycles. The quantitative estimate of drug-likeness (QED) is 0.740. The fourth-order valence-corrected chi connectivity index (χ4v) is 1.87. The Balaban J connectivity index is 2.44. The number of amides is 1. The lowest BCUT2D eigenvalue weighted by atomic mass is 10.1. The maximum absolute atomic E-state index is 12.0. The first-order valence-electron chi connectivity index (χ1n) is 5.74. The van der Waals surface area contributed by atoms with E-state index in [1.165, 1.54) is 0 Å². The number of rotatable bonds is 4. The van der Waals surface area contributed by atoms with E-state index < -0.39 is 0 Å². The number of carbonyl (C=O) groups is 1. The minimum atomic E-state index is 0.0607. The fraction of sp³-hybridized carbons (Fsp3) is 0.909. The average molecular weight is 214 g/mol. The molecule has 0 spiro atoms. The Labute approximate surface area is 92.0 Å². The lowest BCUT2D eigenvalue weighted by molar-refractivity contribution is -0.142. The highest BCUT2D eigenvalue weighted by Crippen LogP contribution is 2.11. The summed E-state index contributed by atoms with van der Waals surface area (Å²) in [5, 5.41) is 3.03. The van der Waals surface area contributed by atoms with Gasteiger partial charge in [0, 0.05) is 25.6 Å². The maximum atomic E-state index is 12.0. The highest BCUT2D eigenvalue weighted by molar-refractivity contribution is 5.78. The molecule has 0 aliphatic carbocycles. The molecule has 15 heavy (non-hydrogen) atoms. The number of morpholine rings is 1. The van der Waals surface area contributed by atoms with E-state index in [1.54, 1.807) is 0 Å². The van der Waals surface area contributed by atoms with Crippen molar-refractivity contribution in [3.8, 4) is 0 Å². The molecule has 0 radical (unpaired) electrons. The van der Waals surface area contributed by atoms with Crippen molar-refractivity contribution in [1.82, 2.24) is 10.2 Å². The Kier molecular flexibility index (Phi) is 5.05. The normalized spacial score (nSPS) is 23.9. The molecule has 1 N–H and O–H groups in total. The summed E-state index contributed by atoms with van der Waals surface area (Å²) in [4.78, 5) is 13.9. The van der Waals surface area contributed by atoms with E-state index in [0.717, 1.165) is 26.1 Å². The van der Waals surface area contributed by atoms with Crippen molar-refractivity contribution in [2.75, 3.05) is 33.3 Å². The van der Waals surface area contributed by atoms with Crippen molar-refractivity contribution in [1.29, 1.82) is 0 Å². The molecule has 1 fully saturated rings. The van der Waals surface area contributed by atoms with Crippen LogP contribution in [-0.2, 0) is 9.53 Å². The van der Waals surface area contributed by atoms with Gasteiger partial charge >= 0.3 is 0 Å². The summed E-state index contributed by atoms with van der Waals surface area (Å²) >= 11 is 0. The van der Waals surface area contributed by atoms with E-state index >= 15 is 0 Å². The monoisotopic (exact) mass is 214 g/mol. The van der Waals surface area contributed by atoms with Gasteiger partial charge in [0.15, 0.2) is 0 Å². The number of ether oxygens (including phenoxy) is 1. The summed E-state index contributed by atoms with van der Waals surface area (Å²) in [6, 6.07) is 0. The molecule has 0 aromatic rings. The Morgan fingerprint density at radius 2 is 2.40 bits per heavy atom. The number of hydrogen-bond acceptors (Lipinski definition) is 3. The van der Waals surface area contributed by atoms with Crippen molar-refractivity contribution in [3.05, 3.63) is 0 Å². The Hall–Kier alpha value is -0.610. The average Bonchev–Trinajstić information content (AvgIpc) is 2.28. The topological polar surface area (TPSA) is 41.6 Å². The lowest BCUT2D eigenvalue weighted by Crippen LogP contribution is -2.48. The minimum Gasteiger partial charge on any atom is -0.375 e. The van der Waals surface area contributed by atoms with Crippen LogP contribution in [0.1, 0.15) is 20.3 Å². The largest absolute Gasteiger partial charge is 0.375 e. The van der Waals surface area contributed by atoms with Crippen LogP contribution < -0.4 is 5.32 Å². The predicted octanol–water partition coefficient (Wildman–Crippen LogP) is 0.479. The van der Waals surface area contributed by atoms with E-state index in [0.29, 0.717) is 6.61 Å². The lowest BCUT2D eigenvalue weighted by Gasteiger charge is -2.34. The van der Waals surface area contributed by atoms with Gasteiger partial charge in [-0.1, -0.05) is 13.8 Å². The Morgan fingerprint density at radius 3 is 3.00 bits per heavy atom. The maximum Gasteiger partial charge on any atom is 0.226 e. The van der Waals surface area contributed by atoms with E-state index in [9.17, 15) is 4.79 Å². The Morgan fingerprint density at radius 1 is 1.67 bits per heavy atom. The van der Waals surface area contributed by atoms with Crippen LogP contribution in [0.25, 0.3) is 0 Å². The third-order valence-corrected chi connectivity index (χ3v) is 2.84. The summed E-state index contributed by atoms with van der Waals surface area (Å²) in [5.41, 5.74) is 0. The zero-order valence-electron chi connectivity index (χ0n) is 9.95. The summed E-state index contributed by atoms with van der Waals surface area (Å²) in [7, 11) is 1.87. The zero-order chi connectivity index (χ0) is 11.3. The van der Waals surface area contributed by atoms with E-state index in [4.69, 9.17) is 4.74 Å². The molecule has 2 unspecified atom stereocenters. The van der Waals surface area contributed by atoms with Gasteiger partial charge < -0.3 is 15.0 Å². The molecule has 4 nitrogen and oxygen atoms in total. The van der Waals surface area contributed by atoms with Gasteiger partial charge in [-0.25, -0.2) is 0 Å². The summed E-state index contributed by atoms with van der Waals surface area (Å²) in [6.07, 6.45) is 1.20. The van der Waals surface area contributed by atoms with Crippen LogP contribution in [-0.4, -0.2) is 50.2 Å². The van der Waals surface area contributed by atoms with Gasteiger partial charge in [0.2, 0.25) is 5.91 Å². The molecule has 1 aliphatic rings. The first-order chi connectivity index (χ1) is 7.19. The van der Waals surface area contributed by atoms with Crippen LogP contribution in [0.3, 0.4) is 0 Å². The molecule has 1 heterocycles. The Bertz CT molecular complexity index is 209. The summed E-state index contributed by atoms with van der Waals surface area (Å²) < 4.78 is 5.54. The van der Waals surface area contributed by atoms with E-state index in [2.05, 4.69) is 12.2 Å². The van der Waals surface area contributed by atoms with Gasteiger partial charge in [-0.15, -0.1) is 0 Å². The minimum absolute atomic E-state index is 0.0607. The molecule has 0 aromatic heterocycles. The van der Waals surface area contributed by atoms with Crippen LogP contribution in [0.2, 0.25) is 0 Å². The number of nitrogens with one attached hydrogen (secondary N) is 1. The van der Waals surface area contributed by atoms with Crippen LogP contribution >= 0.6 is 0 Å². The molecule has 88 valence electrons. The van der Waals surface area contributed by atoms with Crippen molar-refractivity contribution in [2.24, 2.45) is 5.92 Å². The van der Waals surface area contributed by atoms with Gasteiger partial charge in [0.05, 0.1) is 12.7 Å². The molecule has 0 saturated carbocycles. The van der Waals surface area contributed by atoms with Crippen LogP contribution in [0, 0.1) is 5.92 Å². The van der Waals surface area contributed by atoms with Crippen molar-refractivity contribution in [2.45, 2.75) is 26.4 Å². The van der Waals surface area contributed by atoms with Gasteiger partial charge in [-0.2, -0.15) is 0 Å². The third kappa shape index (κ3) is 3.47. The molecular weight excluding hydrogens is 192 g/mol. The predicted molar refractivity (Wildman–Crippen MR) is 59.7 cm³/mol. The second-order valence-electron chi connectivity index (χ2n) is 4.14. The molecular formula is C11H22N2O2. The van der Waals surface area contributed by atoms with E-state index in [-0.39, 0.29) is 17.9 Å². The van der Waals surface area contributed by atoms with Gasteiger partial charge in [0.25, 0.3) is 0 Å². The molecule has 1 aliphatic heterocycles. The summed E-state index contributed by atoms with van der Waals surface area (Å²) in [6.45, 7) is 6.97.